The maximum atomic E-state index is 6.20. The van der Waals surface area contributed by atoms with Crippen LogP contribution in [-0.4, -0.2) is 19.7 Å². The van der Waals surface area contributed by atoms with Crippen molar-refractivity contribution in [3.05, 3.63) is 27.8 Å². The first kappa shape index (κ1) is 15.3. The lowest BCUT2D eigenvalue weighted by atomic mass is 9.89. The van der Waals surface area contributed by atoms with Crippen LogP contribution in [0.1, 0.15) is 39.0 Å². The van der Waals surface area contributed by atoms with Crippen molar-refractivity contribution >= 4 is 23.2 Å². The van der Waals surface area contributed by atoms with Crippen molar-refractivity contribution < 1.29 is 0 Å². The molecule has 0 saturated carbocycles. The van der Waals surface area contributed by atoms with E-state index in [0.717, 1.165) is 16.8 Å². The summed E-state index contributed by atoms with van der Waals surface area (Å²) in [5.74, 6) is 0.523. The van der Waals surface area contributed by atoms with E-state index in [1.807, 2.05) is 20.2 Å². The Morgan fingerprint density at radius 2 is 1.70 bits per heavy atom. The first-order valence-corrected chi connectivity index (χ1v) is 7.26. The Morgan fingerprint density at radius 3 is 2.15 bits per heavy atom. The summed E-state index contributed by atoms with van der Waals surface area (Å²) in [4.78, 5) is 8.76. The van der Waals surface area contributed by atoms with Crippen LogP contribution in [0.5, 0.6) is 0 Å². The second-order valence-corrected chi connectivity index (χ2v) is 6.49. The minimum Gasteiger partial charge on any atom is -0.275 e. The van der Waals surface area contributed by atoms with Crippen LogP contribution in [-0.2, 0) is 18.9 Å². The third-order valence-corrected chi connectivity index (χ3v) is 3.67. The van der Waals surface area contributed by atoms with E-state index in [2.05, 4.69) is 35.8 Å². The molecular weight excluding hydrogens is 295 g/mol. The van der Waals surface area contributed by atoms with E-state index in [0.29, 0.717) is 22.6 Å². The van der Waals surface area contributed by atoms with Gasteiger partial charge in [-0.15, -0.1) is 0 Å². The molecule has 0 fully saturated rings. The average molecular weight is 313 g/mol. The van der Waals surface area contributed by atoms with E-state index in [1.165, 1.54) is 0 Å². The van der Waals surface area contributed by atoms with E-state index >= 15 is 0 Å². The summed E-state index contributed by atoms with van der Waals surface area (Å²) in [7, 11) is 1.88. The molecular formula is C14H18Cl2N4. The Bertz CT molecular complexity index is 618. The lowest BCUT2D eigenvalue weighted by molar-refractivity contribution is 0.554. The first-order chi connectivity index (χ1) is 9.24. The zero-order chi connectivity index (χ0) is 15.1. The summed E-state index contributed by atoms with van der Waals surface area (Å²) in [6.45, 7) is 8.27. The molecule has 0 spiro atoms. The molecule has 0 aliphatic carbocycles. The standard InChI is InChI=1S/C14H18Cl2N4/c1-6-8-11(15)17-13(18-12(8)16)9-7-20(5)19-10(9)14(2,3)4/h7H,6H2,1-5H3. The molecule has 2 heterocycles. The molecule has 0 unspecified atom stereocenters. The monoisotopic (exact) mass is 312 g/mol. The lowest BCUT2D eigenvalue weighted by Gasteiger charge is -2.17. The third kappa shape index (κ3) is 2.81. The Balaban J connectivity index is 2.64. The zero-order valence-corrected chi connectivity index (χ0v) is 13.8. The number of aryl methyl sites for hydroxylation is 1. The zero-order valence-electron chi connectivity index (χ0n) is 12.3. The van der Waals surface area contributed by atoms with E-state index in [1.54, 1.807) is 4.68 Å². The molecule has 0 amide bonds. The molecule has 2 aromatic rings. The van der Waals surface area contributed by atoms with Gasteiger partial charge in [-0.3, -0.25) is 4.68 Å². The molecule has 2 rings (SSSR count). The minimum absolute atomic E-state index is 0.109. The SMILES string of the molecule is CCc1c(Cl)nc(-c2cn(C)nc2C(C)(C)C)nc1Cl. The molecule has 108 valence electrons. The van der Waals surface area contributed by atoms with Gasteiger partial charge in [0.1, 0.15) is 10.3 Å². The predicted octanol–water partition coefficient (Wildman–Crippen LogP) is 4.04. The summed E-state index contributed by atoms with van der Waals surface area (Å²) < 4.78 is 1.76. The van der Waals surface area contributed by atoms with Gasteiger partial charge in [0, 0.05) is 24.2 Å². The van der Waals surface area contributed by atoms with Crippen LogP contribution >= 0.6 is 23.2 Å². The minimum atomic E-state index is -0.109. The average Bonchev–Trinajstić information content (AvgIpc) is 2.70. The van der Waals surface area contributed by atoms with E-state index in [4.69, 9.17) is 23.2 Å². The summed E-state index contributed by atoms with van der Waals surface area (Å²) in [6, 6.07) is 0. The topological polar surface area (TPSA) is 43.6 Å². The summed E-state index contributed by atoms with van der Waals surface area (Å²) >= 11 is 12.4. The Kier molecular flexibility index (Phi) is 4.07. The number of rotatable bonds is 2. The van der Waals surface area contributed by atoms with Crippen molar-refractivity contribution in [2.45, 2.75) is 39.5 Å². The highest BCUT2D eigenvalue weighted by atomic mass is 35.5. The van der Waals surface area contributed by atoms with Gasteiger partial charge in [0.2, 0.25) is 0 Å². The van der Waals surface area contributed by atoms with Gasteiger partial charge < -0.3 is 0 Å². The van der Waals surface area contributed by atoms with Gasteiger partial charge in [-0.2, -0.15) is 5.10 Å². The van der Waals surface area contributed by atoms with Crippen LogP contribution in [0.3, 0.4) is 0 Å². The van der Waals surface area contributed by atoms with Crippen molar-refractivity contribution in [1.29, 1.82) is 0 Å². The van der Waals surface area contributed by atoms with Gasteiger partial charge >= 0.3 is 0 Å². The number of nitrogens with zero attached hydrogens (tertiary/aromatic N) is 4. The normalized spacial score (nSPS) is 11.9. The number of aromatic nitrogens is 4. The number of halogens is 2. The molecule has 0 aliphatic heterocycles. The molecule has 0 saturated heterocycles. The van der Waals surface area contributed by atoms with Crippen LogP contribution in [0.25, 0.3) is 11.4 Å². The molecule has 0 atom stereocenters. The molecule has 0 radical (unpaired) electrons. The van der Waals surface area contributed by atoms with Crippen molar-refractivity contribution in [3.63, 3.8) is 0 Å². The Hall–Kier alpha value is -1.13. The summed E-state index contributed by atoms with van der Waals surface area (Å²) in [5, 5.41) is 5.33. The summed E-state index contributed by atoms with van der Waals surface area (Å²) in [5.41, 5.74) is 2.46. The largest absolute Gasteiger partial charge is 0.275 e. The molecule has 2 aromatic heterocycles. The fourth-order valence-corrected chi connectivity index (χ4v) is 2.70. The van der Waals surface area contributed by atoms with Gasteiger partial charge in [0.15, 0.2) is 5.82 Å². The smallest absolute Gasteiger partial charge is 0.166 e. The van der Waals surface area contributed by atoms with Gasteiger partial charge in [-0.25, -0.2) is 9.97 Å². The van der Waals surface area contributed by atoms with E-state index in [-0.39, 0.29) is 5.41 Å². The summed E-state index contributed by atoms with van der Waals surface area (Å²) in [6.07, 6.45) is 2.60. The van der Waals surface area contributed by atoms with Crippen molar-refractivity contribution in [3.8, 4) is 11.4 Å². The van der Waals surface area contributed by atoms with Crippen LogP contribution in [0, 0.1) is 0 Å². The van der Waals surface area contributed by atoms with Crippen LogP contribution < -0.4 is 0 Å². The third-order valence-electron chi connectivity index (χ3n) is 3.04. The maximum Gasteiger partial charge on any atom is 0.166 e. The maximum absolute atomic E-state index is 6.20. The molecule has 0 bridgehead atoms. The van der Waals surface area contributed by atoms with Crippen LogP contribution in [0.4, 0.5) is 0 Å². The Morgan fingerprint density at radius 1 is 1.15 bits per heavy atom. The van der Waals surface area contributed by atoms with Crippen molar-refractivity contribution in [2.75, 3.05) is 0 Å². The van der Waals surface area contributed by atoms with Gasteiger partial charge in [-0.1, -0.05) is 50.9 Å². The number of hydrogen-bond acceptors (Lipinski definition) is 3. The van der Waals surface area contributed by atoms with Crippen molar-refractivity contribution in [2.24, 2.45) is 7.05 Å². The van der Waals surface area contributed by atoms with Gasteiger partial charge in [-0.05, 0) is 6.42 Å². The molecule has 6 heteroatoms. The highest BCUT2D eigenvalue weighted by Gasteiger charge is 2.25. The second-order valence-electron chi connectivity index (χ2n) is 5.78. The molecule has 0 aliphatic rings. The molecule has 0 aromatic carbocycles. The number of hydrogen-bond donors (Lipinski definition) is 0. The van der Waals surface area contributed by atoms with Gasteiger partial charge in [0.25, 0.3) is 0 Å². The molecule has 4 nitrogen and oxygen atoms in total. The quantitative estimate of drug-likeness (QED) is 0.786. The molecule has 20 heavy (non-hydrogen) atoms. The van der Waals surface area contributed by atoms with E-state index in [9.17, 15) is 0 Å². The Labute approximate surface area is 129 Å². The lowest BCUT2D eigenvalue weighted by Crippen LogP contribution is -2.14. The highest BCUT2D eigenvalue weighted by Crippen LogP contribution is 2.32. The van der Waals surface area contributed by atoms with Crippen LogP contribution in [0.2, 0.25) is 10.3 Å². The van der Waals surface area contributed by atoms with E-state index < -0.39 is 0 Å². The fourth-order valence-electron chi connectivity index (χ4n) is 2.05. The van der Waals surface area contributed by atoms with Gasteiger partial charge in [0.05, 0.1) is 11.3 Å². The first-order valence-electron chi connectivity index (χ1n) is 6.50. The van der Waals surface area contributed by atoms with Crippen molar-refractivity contribution in [1.82, 2.24) is 19.7 Å². The fraction of sp³-hybridized carbons (Fsp3) is 0.500. The molecule has 0 N–H and O–H groups in total. The predicted molar refractivity (Wildman–Crippen MR) is 82.3 cm³/mol. The van der Waals surface area contributed by atoms with Crippen LogP contribution in [0.15, 0.2) is 6.20 Å². The second kappa shape index (κ2) is 5.34. The highest BCUT2D eigenvalue weighted by molar-refractivity contribution is 6.34.